The highest BCUT2D eigenvalue weighted by Crippen LogP contribution is 2.30. The number of aromatic nitrogens is 2. The summed E-state index contributed by atoms with van der Waals surface area (Å²) in [6, 6.07) is 1.89. The van der Waals surface area contributed by atoms with Crippen molar-refractivity contribution in [2.45, 2.75) is 25.7 Å². The quantitative estimate of drug-likeness (QED) is 0.858. The van der Waals surface area contributed by atoms with Crippen molar-refractivity contribution in [1.29, 1.82) is 0 Å². The van der Waals surface area contributed by atoms with Gasteiger partial charge in [0, 0.05) is 6.54 Å². The van der Waals surface area contributed by atoms with Crippen LogP contribution < -0.4 is 5.32 Å². The first-order valence-corrected chi connectivity index (χ1v) is 5.78. The maximum Gasteiger partial charge on any atom is 0.238 e. The van der Waals surface area contributed by atoms with E-state index in [1.165, 1.54) is 0 Å². The van der Waals surface area contributed by atoms with Crippen molar-refractivity contribution in [2.75, 3.05) is 13.1 Å². The Kier molecular flexibility index (Phi) is 2.29. The highest BCUT2D eigenvalue weighted by molar-refractivity contribution is 5.51. The van der Waals surface area contributed by atoms with Gasteiger partial charge in [0.05, 0.1) is 11.7 Å². The van der Waals surface area contributed by atoms with Crippen LogP contribution in [0, 0.1) is 6.92 Å². The van der Waals surface area contributed by atoms with Gasteiger partial charge in [0.2, 0.25) is 11.7 Å². The maximum atomic E-state index is 5.37. The Hall–Kier alpha value is -1.62. The number of hydrogen-bond donors (Lipinski definition) is 1. The van der Waals surface area contributed by atoms with Crippen LogP contribution in [0.3, 0.4) is 0 Å². The Morgan fingerprint density at radius 1 is 1.47 bits per heavy atom. The SMILES string of the molecule is Cc1ccoc1-c1noc(C2(C)CCNC2)n1. The Balaban J connectivity index is 1.96. The molecular weight excluding hydrogens is 218 g/mol. The van der Waals surface area contributed by atoms with Gasteiger partial charge in [-0.1, -0.05) is 5.16 Å². The molecule has 1 N–H and O–H groups in total. The van der Waals surface area contributed by atoms with Crippen molar-refractivity contribution >= 4 is 0 Å². The molecule has 1 aliphatic rings. The van der Waals surface area contributed by atoms with E-state index in [0.717, 1.165) is 25.1 Å². The van der Waals surface area contributed by atoms with Crippen LogP contribution in [0.15, 0.2) is 21.3 Å². The van der Waals surface area contributed by atoms with Gasteiger partial charge in [-0.05, 0) is 38.4 Å². The molecule has 0 aromatic carbocycles. The van der Waals surface area contributed by atoms with Gasteiger partial charge in [0.1, 0.15) is 0 Å². The molecule has 0 amide bonds. The molecule has 0 radical (unpaired) electrons. The predicted molar refractivity (Wildman–Crippen MR) is 61.6 cm³/mol. The molecule has 0 saturated carbocycles. The lowest BCUT2D eigenvalue weighted by Gasteiger charge is -2.15. The van der Waals surface area contributed by atoms with E-state index in [0.29, 0.717) is 17.5 Å². The second kappa shape index (κ2) is 3.70. The number of furan rings is 1. The normalized spacial score (nSPS) is 24.4. The highest BCUT2D eigenvalue weighted by Gasteiger charge is 2.36. The fourth-order valence-electron chi connectivity index (χ4n) is 2.16. The van der Waals surface area contributed by atoms with E-state index in [1.807, 2.05) is 13.0 Å². The van der Waals surface area contributed by atoms with Crippen LogP contribution in [0.4, 0.5) is 0 Å². The maximum absolute atomic E-state index is 5.37. The van der Waals surface area contributed by atoms with Crippen LogP contribution in [0.5, 0.6) is 0 Å². The number of hydrogen-bond acceptors (Lipinski definition) is 5. The molecule has 3 heterocycles. The minimum atomic E-state index is -0.0499. The lowest BCUT2D eigenvalue weighted by atomic mass is 9.90. The molecule has 1 atom stereocenters. The summed E-state index contributed by atoms with van der Waals surface area (Å²) in [5.41, 5.74) is 0.971. The summed E-state index contributed by atoms with van der Waals surface area (Å²) in [4.78, 5) is 4.46. The van der Waals surface area contributed by atoms with Crippen molar-refractivity contribution < 1.29 is 8.94 Å². The second-order valence-corrected chi connectivity index (χ2v) is 4.84. The summed E-state index contributed by atoms with van der Waals surface area (Å²) < 4.78 is 10.7. The molecule has 1 aliphatic heterocycles. The van der Waals surface area contributed by atoms with Gasteiger partial charge in [0.15, 0.2) is 5.76 Å². The molecule has 1 saturated heterocycles. The van der Waals surface area contributed by atoms with Gasteiger partial charge in [-0.2, -0.15) is 4.98 Å². The molecule has 5 nitrogen and oxygen atoms in total. The average molecular weight is 233 g/mol. The van der Waals surface area contributed by atoms with Crippen molar-refractivity contribution in [2.24, 2.45) is 0 Å². The van der Waals surface area contributed by atoms with Gasteiger partial charge in [-0.15, -0.1) is 0 Å². The smallest absolute Gasteiger partial charge is 0.238 e. The number of aryl methyl sites for hydroxylation is 1. The van der Waals surface area contributed by atoms with E-state index in [1.54, 1.807) is 6.26 Å². The monoisotopic (exact) mass is 233 g/mol. The first-order valence-electron chi connectivity index (χ1n) is 5.78. The summed E-state index contributed by atoms with van der Waals surface area (Å²) >= 11 is 0. The summed E-state index contributed by atoms with van der Waals surface area (Å²) in [6.07, 6.45) is 2.66. The summed E-state index contributed by atoms with van der Waals surface area (Å²) in [5, 5.41) is 7.32. The summed E-state index contributed by atoms with van der Waals surface area (Å²) in [7, 11) is 0. The molecule has 3 rings (SSSR count). The lowest BCUT2D eigenvalue weighted by Crippen LogP contribution is -2.25. The highest BCUT2D eigenvalue weighted by atomic mass is 16.5. The van der Waals surface area contributed by atoms with E-state index in [-0.39, 0.29) is 5.41 Å². The van der Waals surface area contributed by atoms with E-state index in [4.69, 9.17) is 8.94 Å². The van der Waals surface area contributed by atoms with Gasteiger partial charge in [0.25, 0.3) is 0 Å². The zero-order valence-electron chi connectivity index (χ0n) is 9.99. The molecular formula is C12H15N3O2. The Bertz CT molecular complexity index is 523. The Morgan fingerprint density at radius 3 is 3.00 bits per heavy atom. The predicted octanol–water partition coefficient (Wildman–Crippen LogP) is 1.89. The van der Waals surface area contributed by atoms with Crippen molar-refractivity contribution in [3.05, 3.63) is 23.8 Å². The molecule has 0 aliphatic carbocycles. The fraction of sp³-hybridized carbons (Fsp3) is 0.500. The average Bonchev–Trinajstić information content (AvgIpc) is 2.97. The molecule has 2 aromatic rings. The summed E-state index contributed by atoms with van der Waals surface area (Å²) in [6.45, 7) is 5.98. The minimum Gasteiger partial charge on any atom is -0.461 e. The van der Waals surface area contributed by atoms with Crippen molar-refractivity contribution in [3.8, 4) is 11.6 Å². The molecule has 0 bridgehead atoms. The van der Waals surface area contributed by atoms with Crippen molar-refractivity contribution in [1.82, 2.24) is 15.5 Å². The van der Waals surface area contributed by atoms with Crippen LogP contribution in [-0.4, -0.2) is 23.2 Å². The third-order valence-electron chi connectivity index (χ3n) is 3.38. The van der Waals surface area contributed by atoms with Gasteiger partial charge < -0.3 is 14.3 Å². The van der Waals surface area contributed by atoms with Crippen molar-refractivity contribution in [3.63, 3.8) is 0 Å². The van der Waals surface area contributed by atoms with Crippen LogP contribution in [0.25, 0.3) is 11.6 Å². The van der Waals surface area contributed by atoms with E-state index in [9.17, 15) is 0 Å². The Labute approximate surface area is 99.2 Å². The standard InChI is InChI=1S/C12H15N3O2/c1-8-3-6-16-9(8)10-14-11(17-15-10)12(2)4-5-13-7-12/h3,6,13H,4-5,7H2,1-2H3. The third-order valence-corrected chi connectivity index (χ3v) is 3.38. The molecule has 0 spiro atoms. The fourth-order valence-corrected chi connectivity index (χ4v) is 2.16. The van der Waals surface area contributed by atoms with Crippen LogP contribution >= 0.6 is 0 Å². The van der Waals surface area contributed by atoms with Crippen LogP contribution in [0.2, 0.25) is 0 Å². The zero-order chi connectivity index (χ0) is 11.9. The largest absolute Gasteiger partial charge is 0.461 e. The second-order valence-electron chi connectivity index (χ2n) is 4.84. The van der Waals surface area contributed by atoms with Gasteiger partial charge >= 0.3 is 0 Å². The topological polar surface area (TPSA) is 64.1 Å². The molecule has 5 heteroatoms. The Morgan fingerprint density at radius 2 is 2.35 bits per heavy atom. The third kappa shape index (κ3) is 1.67. The van der Waals surface area contributed by atoms with Gasteiger partial charge in [-0.25, -0.2) is 0 Å². The molecule has 2 aromatic heterocycles. The number of nitrogens with one attached hydrogen (secondary N) is 1. The number of nitrogens with zero attached hydrogens (tertiary/aromatic N) is 2. The molecule has 90 valence electrons. The van der Waals surface area contributed by atoms with Crippen LogP contribution in [-0.2, 0) is 5.41 Å². The van der Waals surface area contributed by atoms with Crippen LogP contribution in [0.1, 0.15) is 24.8 Å². The first-order chi connectivity index (χ1) is 8.19. The van der Waals surface area contributed by atoms with E-state index in [2.05, 4.69) is 22.4 Å². The molecule has 17 heavy (non-hydrogen) atoms. The summed E-state index contributed by atoms with van der Waals surface area (Å²) in [5.74, 6) is 1.92. The zero-order valence-corrected chi connectivity index (χ0v) is 9.99. The molecule has 1 fully saturated rings. The minimum absolute atomic E-state index is 0.0499. The number of rotatable bonds is 2. The molecule has 1 unspecified atom stereocenters. The van der Waals surface area contributed by atoms with E-state index < -0.39 is 0 Å². The first kappa shape index (κ1) is 10.5. The lowest BCUT2D eigenvalue weighted by molar-refractivity contribution is 0.306. The van der Waals surface area contributed by atoms with E-state index >= 15 is 0 Å². The van der Waals surface area contributed by atoms with Gasteiger partial charge in [-0.3, -0.25) is 0 Å².